The van der Waals surface area contributed by atoms with Gasteiger partial charge in [-0.25, -0.2) is 5.43 Å². The molecule has 0 radical (unpaired) electrons. The maximum atomic E-state index is 11.8. The van der Waals surface area contributed by atoms with Crippen LogP contribution >= 0.6 is 11.8 Å². The average molecular weight is 294 g/mol. The summed E-state index contributed by atoms with van der Waals surface area (Å²) < 4.78 is 0. The largest absolute Gasteiger partial charge is 0.286 e. The van der Waals surface area contributed by atoms with Crippen molar-refractivity contribution in [3.8, 4) is 6.07 Å². The average Bonchev–Trinajstić information content (AvgIpc) is 2.47. The number of thioether (sulfide) groups is 1. The molecule has 0 saturated carbocycles. The summed E-state index contributed by atoms with van der Waals surface area (Å²) in [5.74, 6) is 0.364. The van der Waals surface area contributed by atoms with E-state index in [1.807, 2.05) is 12.3 Å². The Morgan fingerprint density at radius 1 is 1.50 bits per heavy atom. The number of nitrogens with zero attached hydrogens (tertiary/aromatic N) is 2. The molecule has 20 heavy (non-hydrogen) atoms. The van der Waals surface area contributed by atoms with E-state index in [1.165, 1.54) is 24.3 Å². The highest BCUT2D eigenvalue weighted by atomic mass is 32.2. The Balaban J connectivity index is 2.54. The lowest BCUT2D eigenvalue weighted by molar-refractivity contribution is -0.384. The number of nitro benzene ring substituents is 1. The summed E-state index contributed by atoms with van der Waals surface area (Å²) >= 11 is 1.61. The highest BCUT2D eigenvalue weighted by Gasteiger charge is 2.11. The number of hydrogen-bond donors (Lipinski definition) is 2. The van der Waals surface area contributed by atoms with Gasteiger partial charge in [0.15, 0.2) is 0 Å². The first-order chi connectivity index (χ1) is 9.58. The number of hydrazine groups is 1. The number of nitro groups is 1. The summed E-state index contributed by atoms with van der Waals surface area (Å²) in [6.07, 6.45) is 2.54. The van der Waals surface area contributed by atoms with Crippen molar-refractivity contribution in [1.29, 1.82) is 5.26 Å². The quantitative estimate of drug-likeness (QED) is 0.582. The number of carbonyl (C=O) groups is 1. The zero-order valence-electron chi connectivity index (χ0n) is 10.8. The van der Waals surface area contributed by atoms with Crippen molar-refractivity contribution in [3.63, 3.8) is 0 Å². The number of nitriles is 1. The fourth-order valence-electron chi connectivity index (χ4n) is 1.36. The minimum atomic E-state index is -0.534. The van der Waals surface area contributed by atoms with Gasteiger partial charge in [0.1, 0.15) is 6.04 Å². The molecule has 1 amide bonds. The first-order valence-corrected chi connectivity index (χ1v) is 7.16. The Kier molecular flexibility index (Phi) is 6.49. The number of rotatable bonds is 7. The molecule has 0 aromatic heterocycles. The van der Waals surface area contributed by atoms with E-state index >= 15 is 0 Å². The van der Waals surface area contributed by atoms with Crippen LogP contribution in [-0.4, -0.2) is 28.9 Å². The molecule has 0 saturated heterocycles. The van der Waals surface area contributed by atoms with Crippen molar-refractivity contribution in [2.75, 3.05) is 12.0 Å². The zero-order valence-corrected chi connectivity index (χ0v) is 11.6. The fourth-order valence-corrected chi connectivity index (χ4v) is 1.84. The molecule has 2 N–H and O–H groups in total. The lowest BCUT2D eigenvalue weighted by Crippen LogP contribution is -2.44. The van der Waals surface area contributed by atoms with Crippen molar-refractivity contribution in [3.05, 3.63) is 39.9 Å². The topological polar surface area (TPSA) is 108 Å². The van der Waals surface area contributed by atoms with E-state index in [0.29, 0.717) is 6.42 Å². The van der Waals surface area contributed by atoms with Crippen LogP contribution in [0, 0.1) is 21.4 Å². The van der Waals surface area contributed by atoms with Crippen LogP contribution in [0.3, 0.4) is 0 Å². The summed E-state index contributed by atoms with van der Waals surface area (Å²) in [6.45, 7) is 0. The molecule has 0 heterocycles. The van der Waals surface area contributed by atoms with Gasteiger partial charge in [-0.15, -0.1) is 0 Å². The number of nitrogens with one attached hydrogen (secondary N) is 2. The van der Waals surface area contributed by atoms with Gasteiger partial charge in [-0.1, -0.05) is 0 Å². The van der Waals surface area contributed by atoms with Gasteiger partial charge in [-0.05, 0) is 30.6 Å². The second kappa shape index (κ2) is 8.14. The van der Waals surface area contributed by atoms with E-state index in [1.54, 1.807) is 11.8 Å². The van der Waals surface area contributed by atoms with Gasteiger partial charge in [-0.3, -0.25) is 20.3 Å². The lowest BCUT2D eigenvalue weighted by atomic mass is 10.2. The summed E-state index contributed by atoms with van der Waals surface area (Å²) in [5, 5.41) is 19.4. The molecule has 1 rings (SSSR count). The summed E-state index contributed by atoms with van der Waals surface area (Å²) in [4.78, 5) is 21.7. The molecular formula is C12H14N4O3S. The van der Waals surface area contributed by atoms with E-state index in [0.717, 1.165) is 5.75 Å². The predicted molar refractivity (Wildman–Crippen MR) is 76.1 cm³/mol. The Morgan fingerprint density at radius 3 is 2.65 bits per heavy atom. The summed E-state index contributed by atoms with van der Waals surface area (Å²) in [5.41, 5.74) is 5.25. The number of amides is 1. The smallest absolute Gasteiger partial charge is 0.269 e. The third kappa shape index (κ3) is 4.87. The molecule has 0 aliphatic carbocycles. The maximum absolute atomic E-state index is 11.8. The molecule has 8 heteroatoms. The lowest BCUT2D eigenvalue weighted by Gasteiger charge is -2.11. The van der Waals surface area contributed by atoms with E-state index in [2.05, 4.69) is 10.9 Å². The predicted octanol–water partition coefficient (Wildman–Crippen LogP) is 1.47. The molecule has 0 bridgehead atoms. The highest BCUT2D eigenvalue weighted by molar-refractivity contribution is 7.98. The molecule has 0 aliphatic rings. The van der Waals surface area contributed by atoms with Gasteiger partial charge in [0.2, 0.25) is 0 Å². The SMILES string of the molecule is CSCC[C@H](C#N)NNC(=O)c1ccc([N+](=O)[O-])cc1. The first-order valence-electron chi connectivity index (χ1n) is 5.77. The van der Waals surface area contributed by atoms with Crippen LogP contribution < -0.4 is 10.9 Å². The first kappa shape index (κ1) is 15.9. The standard InChI is InChI=1S/C12H14N4O3S/c1-20-7-6-10(8-13)14-15-12(17)9-2-4-11(5-3-9)16(18)19/h2-5,10,14H,6-7H2,1H3,(H,15,17)/t10-/m1/s1. The normalized spacial score (nSPS) is 11.4. The Labute approximate surface area is 120 Å². The maximum Gasteiger partial charge on any atom is 0.269 e. The number of non-ortho nitro benzene ring substituents is 1. The number of benzene rings is 1. The van der Waals surface area contributed by atoms with Gasteiger partial charge in [0.25, 0.3) is 11.6 Å². The summed E-state index contributed by atoms with van der Waals surface area (Å²) in [7, 11) is 0. The van der Waals surface area contributed by atoms with Crippen LogP contribution in [0.5, 0.6) is 0 Å². The van der Waals surface area contributed by atoms with Crippen molar-refractivity contribution < 1.29 is 9.72 Å². The van der Waals surface area contributed by atoms with Crippen LogP contribution in [-0.2, 0) is 0 Å². The van der Waals surface area contributed by atoms with E-state index in [9.17, 15) is 14.9 Å². The number of carbonyl (C=O) groups excluding carboxylic acids is 1. The molecule has 0 unspecified atom stereocenters. The molecule has 1 atom stereocenters. The van der Waals surface area contributed by atoms with E-state index in [4.69, 9.17) is 5.26 Å². The van der Waals surface area contributed by atoms with Gasteiger partial charge in [0, 0.05) is 17.7 Å². The molecule has 0 fully saturated rings. The van der Waals surface area contributed by atoms with Gasteiger partial charge < -0.3 is 0 Å². The van der Waals surface area contributed by atoms with Gasteiger partial charge in [0.05, 0.1) is 11.0 Å². The molecule has 106 valence electrons. The van der Waals surface area contributed by atoms with E-state index < -0.39 is 16.9 Å². The molecule has 1 aromatic rings. The van der Waals surface area contributed by atoms with Gasteiger partial charge >= 0.3 is 0 Å². The van der Waals surface area contributed by atoms with Crippen LogP contribution in [0.1, 0.15) is 16.8 Å². The fraction of sp³-hybridized carbons (Fsp3) is 0.333. The third-order valence-electron chi connectivity index (χ3n) is 2.47. The zero-order chi connectivity index (χ0) is 15.0. The molecule has 1 aromatic carbocycles. The van der Waals surface area contributed by atoms with Gasteiger partial charge in [-0.2, -0.15) is 17.0 Å². The monoisotopic (exact) mass is 294 g/mol. The minimum absolute atomic E-state index is 0.0793. The minimum Gasteiger partial charge on any atom is -0.286 e. The van der Waals surface area contributed by atoms with E-state index in [-0.39, 0.29) is 11.3 Å². The molecule has 0 spiro atoms. The van der Waals surface area contributed by atoms with Crippen molar-refractivity contribution in [2.45, 2.75) is 12.5 Å². The van der Waals surface area contributed by atoms with Crippen LogP contribution in [0.4, 0.5) is 5.69 Å². The Bertz CT molecular complexity index is 512. The van der Waals surface area contributed by atoms with Crippen LogP contribution in [0.25, 0.3) is 0 Å². The molecule has 0 aliphatic heterocycles. The second-order valence-electron chi connectivity index (χ2n) is 3.87. The third-order valence-corrected chi connectivity index (χ3v) is 3.11. The summed E-state index contributed by atoms with van der Waals surface area (Å²) in [6, 6.07) is 6.80. The highest BCUT2D eigenvalue weighted by Crippen LogP contribution is 2.11. The Hall–Kier alpha value is -2.11. The molecular weight excluding hydrogens is 280 g/mol. The van der Waals surface area contributed by atoms with Crippen molar-refractivity contribution in [1.82, 2.24) is 10.9 Å². The number of hydrogen-bond acceptors (Lipinski definition) is 6. The molecule has 7 nitrogen and oxygen atoms in total. The van der Waals surface area contributed by atoms with Crippen molar-refractivity contribution in [2.24, 2.45) is 0 Å². The van der Waals surface area contributed by atoms with Crippen LogP contribution in [0.2, 0.25) is 0 Å². The van der Waals surface area contributed by atoms with Crippen LogP contribution in [0.15, 0.2) is 24.3 Å². The van der Waals surface area contributed by atoms with Crippen molar-refractivity contribution >= 4 is 23.4 Å². The Morgan fingerprint density at radius 2 is 2.15 bits per heavy atom. The second-order valence-corrected chi connectivity index (χ2v) is 4.85.